The van der Waals surface area contributed by atoms with Crippen molar-refractivity contribution in [2.24, 2.45) is 0 Å². The van der Waals surface area contributed by atoms with Crippen molar-refractivity contribution >= 4 is 46.6 Å². The summed E-state index contributed by atoms with van der Waals surface area (Å²) in [4.78, 5) is 8.33. The van der Waals surface area contributed by atoms with Crippen LogP contribution >= 0.6 is 0 Å². The molecule has 0 aliphatic rings. The minimum absolute atomic E-state index is 0. The molecule has 8 heavy (non-hydrogen) atoms. The van der Waals surface area contributed by atoms with Gasteiger partial charge in [0.1, 0.15) is 0 Å². The Morgan fingerprint density at radius 2 is 1.25 bits per heavy atom. The first-order valence-electron chi connectivity index (χ1n) is 0.612. The Balaban J connectivity index is -0.00000000750. The van der Waals surface area contributed by atoms with Crippen molar-refractivity contribution in [1.82, 2.24) is 0 Å². The minimum Gasteiger partial charge on any atom is -0.870 e. The molecule has 4 nitrogen and oxygen atoms in total. The maximum Gasteiger partial charge on any atom is 3.00 e. The monoisotopic (exact) mass is 194 g/mol. The van der Waals surface area contributed by atoms with E-state index in [0.717, 1.165) is 0 Å². The summed E-state index contributed by atoms with van der Waals surface area (Å²) >= 11 is 0. The Kier molecular flexibility index (Phi) is 107. The van der Waals surface area contributed by atoms with Crippen molar-refractivity contribution in [3.05, 3.63) is 0 Å². The molecule has 7 heteroatoms. The topological polar surface area (TPSA) is 93.2 Å². The number of carbonyl (C=O) groups is 1. The van der Waals surface area contributed by atoms with Gasteiger partial charge in [0.15, 0.2) is 0 Å². The van der Waals surface area contributed by atoms with E-state index in [1.165, 1.54) is 0 Å². The van der Waals surface area contributed by atoms with Crippen molar-refractivity contribution in [2.45, 2.75) is 0 Å². The van der Waals surface area contributed by atoms with Crippen LogP contribution in [0.5, 0.6) is 0 Å². The van der Waals surface area contributed by atoms with E-state index in [1.807, 2.05) is 0 Å². The zero-order valence-corrected chi connectivity index (χ0v) is 7.58. The van der Waals surface area contributed by atoms with Crippen molar-refractivity contribution in [3.8, 4) is 0 Å². The molecule has 0 saturated carbocycles. The van der Waals surface area contributed by atoms with Crippen molar-refractivity contribution in [2.75, 3.05) is 0 Å². The average Bonchev–Trinajstić information content (AvgIpc) is 0.811. The van der Waals surface area contributed by atoms with Crippen molar-refractivity contribution in [3.63, 3.8) is 0 Å². The van der Waals surface area contributed by atoms with Crippen LogP contribution in [0.3, 0.4) is 0 Å². The van der Waals surface area contributed by atoms with Gasteiger partial charge in [-0.1, -0.05) is 0 Å². The van der Waals surface area contributed by atoms with Crippen molar-refractivity contribution in [1.29, 1.82) is 0 Å². The molecule has 0 heterocycles. The van der Waals surface area contributed by atoms with Gasteiger partial charge in [0.2, 0.25) is 0 Å². The molecule has 0 bridgehead atoms. The molecule has 0 fully saturated rings. The molecule has 0 spiro atoms. The fourth-order valence-electron chi connectivity index (χ4n) is 0. The fraction of sp³-hybridized carbons (Fsp3) is 0. The first kappa shape index (κ1) is 35.3. The molecule has 38 valence electrons. The summed E-state index contributed by atoms with van der Waals surface area (Å²) < 4.78 is 0. The summed E-state index contributed by atoms with van der Waals surface area (Å²) in [5, 5.41) is 16.7. The maximum atomic E-state index is 8.33. The van der Waals surface area contributed by atoms with Gasteiger partial charge in [-0.2, -0.15) is 0 Å². The van der Waals surface area contributed by atoms with E-state index in [1.54, 1.807) is 0 Å². The van der Waals surface area contributed by atoms with E-state index in [2.05, 4.69) is 0 Å². The summed E-state index contributed by atoms with van der Waals surface area (Å²) in [7, 11) is 0. The van der Waals surface area contributed by atoms with Gasteiger partial charge in [0.25, 0.3) is 0 Å². The van der Waals surface area contributed by atoms with Gasteiger partial charge in [-0.15, -0.1) is 0 Å². The van der Waals surface area contributed by atoms with Crippen LogP contribution in [0.1, 0.15) is 0 Å². The molecule has 0 aliphatic carbocycles. The van der Waals surface area contributed by atoms with Crippen LogP contribution in [0.2, 0.25) is 0 Å². The molecule has 0 saturated heterocycles. The van der Waals surface area contributed by atoms with Crippen LogP contribution in [0.25, 0.3) is 0 Å². The van der Waals surface area contributed by atoms with Gasteiger partial charge < -0.3 is 20.5 Å². The molecule has 1 N–H and O–H groups in total. The van der Waals surface area contributed by atoms with Crippen LogP contribution in [-0.2, 0) is 19.5 Å². The predicted octanol–water partition coefficient (Wildman–Crippen LogP) is -3.92. The quantitative estimate of drug-likeness (QED) is 0.369. The third-order valence-corrected chi connectivity index (χ3v) is 0. The molecule has 0 radical (unpaired) electrons. The Morgan fingerprint density at radius 1 is 1.25 bits per heavy atom. The normalized spacial score (nSPS) is 3.00. The summed E-state index contributed by atoms with van der Waals surface area (Å²) in [6.45, 7) is 0. The predicted molar refractivity (Wildman–Crippen MR) is 21.6 cm³/mol. The number of hydrogen-bond donors (Lipinski definition) is 0. The number of rotatable bonds is 0. The van der Waals surface area contributed by atoms with E-state index in [9.17, 15) is 0 Å². The van der Waals surface area contributed by atoms with Gasteiger partial charge in [0.05, 0.1) is 0 Å². The second kappa shape index (κ2) is 24.2. The third-order valence-electron chi connectivity index (χ3n) is 0. The molecule has 0 aliphatic heterocycles. The maximum absolute atomic E-state index is 8.33. The van der Waals surface area contributed by atoms with E-state index in [4.69, 9.17) is 15.0 Å². The summed E-state index contributed by atoms with van der Waals surface area (Å²) in [5.41, 5.74) is 0. The van der Waals surface area contributed by atoms with Crippen LogP contribution in [0, 0.1) is 0 Å². The van der Waals surface area contributed by atoms with Crippen LogP contribution in [0.15, 0.2) is 0 Å². The summed E-state index contributed by atoms with van der Waals surface area (Å²) in [6, 6.07) is 0. The second-order valence-corrected chi connectivity index (χ2v) is 0.250. The van der Waals surface area contributed by atoms with E-state index >= 15 is 0 Å². The molecule has 0 aromatic carbocycles. The molecule has 0 aromatic heterocycles. The summed E-state index contributed by atoms with van der Waals surface area (Å²) in [6.07, 6.45) is -2.33. The molecule has 0 amide bonds. The Hall–Kier alpha value is 1.15. The number of carbonyl (C=O) groups excluding carboxylic acids is 1. The average molecular weight is 196 g/mol. The standard InChI is InChI=1S/CH2O3.Al.Mg.H2O.Zn.2H/c2-1(3)4;;;;;;/h(H2,2,3,4);;;1H2;;;/q;+3;;;;;/p-3. The number of carboxylic acid groups (broad SMARTS) is 2. The second-order valence-electron chi connectivity index (χ2n) is 0.250. The van der Waals surface area contributed by atoms with E-state index in [0.29, 0.717) is 0 Å². The SMILES string of the molecule is O=C([O-])[O-].[Al+3].[MgH2].[OH-].[Zn]. The van der Waals surface area contributed by atoms with Gasteiger partial charge in [0, 0.05) is 19.5 Å². The van der Waals surface area contributed by atoms with Crippen molar-refractivity contribution < 1.29 is 40.0 Å². The van der Waals surface area contributed by atoms with Gasteiger partial charge in [-0.05, 0) is 6.16 Å². The fourth-order valence-corrected chi connectivity index (χ4v) is 0. The Bertz CT molecular complexity index is 39.0. The van der Waals surface area contributed by atoms with Crippen LogP contribution < -0.4 is 10.2 Å². The zero-order chi connectivity index (χ0) is 3.58. The first-order valence-corrected chi connectivity index (χ1v) is 0.612. The van der Waals surface area contributed by atoms with Gasteiger partial charge in [-0.3, -0.25) is 0 Å². The summed E-state index contributed by atoms with van der Waals surface area (Å²) in [5.74, 6) is 0. The zero-order valence-electron chi connectivity index (χ0n) is 3.46. The molecule has 0 unspecified atom stereocenters. The third kappa shape index (κ3) is 204. The molecular formula is CH3AlMgO4Zn. The Morgan fingerprint density at radius 3 is 1.25 bits per heavy atom. The molecule has 0 atom stereocenters. The molecular weight excluding hydrogens is 193 g/mol. The Labute approximate surface area is 86.0 Å². The van der Waals surface area contributed by atoms with E-state index < -0.39 is 6.16 Å². The van der Waals surface area contributed by atoms with Gasteiger partial charge in [-0.25, -0.2) is 0 Å². The minimum atomic E-state index is -2.33. The van der Waals surface area contributed by atoms with Gasteiger partial charge >= 0.3 is 40.4 Å². The van der Waals surface area contributed by atoms with Crippen LogP contribution in [0.4, 0.5) is 4.79 Å². The number of hydrogen-bond acceptors (Lipinski definition) is 4. The first-order chi connectivity index (χ1) is 1.73. The van der Waals surface area contributed by atoms with Crippen LogP contribution in [-0.4, -0.2) is 52.0 Å². The molecule has 0 aromatic rings. The van der Waals surface area contributed by atoms with E-state index in [-0.39, 0.29) is 65.4 Å². The molecule has 0 rings (SSSR count). The smallest absolute Gasteiger partial charge is 0.870 e. The largest absolute Gasteiger partial charge is 3.00 e.